The third-order valence-corrected chi connectivity index (χ3v) is 2.17. The van der Waals surface area contributed by atoms with E-state index in [1.165, 1.54) is 5.01 Å². The van der Waals surface area contributed by atoms with Gasteiger partial charge in [0.15, 0.2) is 0 Å². The summed E-state index contributed by atoms with van der Waals surface area (Å²) >= 11 is 0. The summed E-state index contributed by atoms with van der Waals surface area (Å²) in [5, 5.41) is 15.4. The van der Waals surface area contributed by atoms with Crippen LogP contribution in [-0.4, -0.2) is 17.7 Å². The predicted molar refractivity (Wildman–Crippen MR) is 52.6 cm³/mol. The van der Waals surface area contributed by atoms with E-state index >= 15 is 0 Å². The lowest BCUT2D eigenvalue weighted by Crippen LogP contribution is -2.32. The summed E-state index contributed by atoms with van der Waals surface area (Å²) < 4.78 is 0. The van der Waals surface area contributed by atoms with Crippen LogP contribution >= 0.6 is 0 Å². The number of para-hydroxylation sites is 1. The number of rotatable bonds is 2. The van der Waals surface area contributed by atoms with Crippen LogP contribution in [0.1, 0.15) is 6.92 Å². The second-order valence-corrected chi connectivity index (χ2v) is 3.20. The van der Waals surface area contributed by atoms with E-state index in [-0.39, 0.29) is 0 Å². The van der Waals surface area contributed by atoms with E-state index in [4.69, 9.17) is 0 Å². The molecular formula is C10H9N2O3. The van der Waals surface area contributed by atoms with Gasteiger partial charge in [-0.3, -0.25) is 4.79 Å². The number of anilines is 1. The Hall–Kier alpha value is -1.72. The molecule has 1 aromatic rings. The average Bonchev–Trinajstić information content (AvgIpc) is 2.55. The Morgan fingerprint density at radius 2 is 2.00 bits per heavy atom. The molecule has 0 fully saturated rings. The fourth-order valence-corrected chi connectivity index (χ4v) is 1.41. The van der Waals surface area contributed by atoms with Crippen LogP contribution < -0.4 is 5.01 Å². The van der Waals surface area contributed by atoms with Crippen molar-refractivity contribution >= 4 is 17.3 Å². The molecular weight excluding hydrogens is 196 g/mol. The van der Waals surface area contributed by atoms with Crippen molar-refractivity contribution in [2.45, 2.75) is 13.0 Å². The highest BCUT2D eigenvalue weighted by Crippen LogP contribution is 2.21. The third-order valence-electron chi connectivity index (χ3n) is 2.17. The van der Waals surface area contributed by atoms with Crippen molar-refractivity contribution in [3.63, 3.8) is 0 Å². The van der Waals surface area contributed by atoms with Gasteiger partial charge in [-0.2, -0.15) is 15.0 Å². The molecule has 1 amide bonds. The standard InChI is InChI=1S/C10H9N2O3/c1-7-9(15-14)10(13)12(11-7)8-5-3-2-4-6-8/h2-6,9H,1H3. The monoisotopic (exact) mass is 205 g/mol. The SMILES string of the molecule is CC1=NN(c2ccccc2)C(=O)C1O[O]. The van der Waals surface area contributed by atoms with Gasteiger partial charge in [0.2, 0.25) is 6.10 Å². The topological polar surface area (TPSA) is 61.8 Å². The van der Waals surface area contributed by atoms with Crippen LogP contribution in [0.2, 0.25) is 0 Å². The van der Waals surface area contributed by atoms with E-state index < -0.39 is 12.0 Å². The molecule has 5 nitrogen and oxygen atoms in total. The van der Waals surface area contributed by atoms with Gasteiger partial charge < -0.3 is 0 Å². The molecule has 0 saturated carbocycles. The Morgan fingerprint density at radius 3 is 2.53 bits per heavy atom. The minimum absolute atomic E-state index is 0.374. The molecule has 0 aliphatic carbocycles. The van der Waals surface area contributed by atoms with Gasteiger partial charge in [-0.05, 0) is 24.3 Å². The first kappa shape index (κ1) is 9.82. The van der Waals surface area contributed by atoms with Crippen LogP contribution in [0.3, 0.4) is 0 Å². The molecule has 0 saturated heterocycles. The van der Waals surface area contributed by atoms with Gasteiger partial charge in [0, 0.05) is 0 Å². The van der Waals surface area contributed by atoms with Gasteiger partial charge in [0.25, 0.3) is 5.91 Å². The van der Waals surface area contributed by atoms with E-state index in [2.05, 4.69) is 9.99 Å². The molecule has 1 aliphatic heterocycles. The van der Waals surface area contributed by atoms with Crippen LogP contribution in [-0.2, 0) is 14.9 Å². The zero-order valence-corrected chi connectivity index (χ0v) is 8.08. The first-order valence-electron chi connectivity index (χ1n) is 4.47. The molecule has 1 heterocycles. The molecule has 77 valence electrons. The minimum Gasteiger partial charge on any atom is -0.269 e. The highest BCUT2D eigenvalue weighted by molar-refractivity contribution is 6.17. The summed E-state index contributed by atoms with van der Waals surface area (Å²) in [5.41, 5.74) is 1.00. The van der Waals surface area contributed by atoms with Crippen LogP contribution in [0.4, 0.5) is 5.69 Å². The molecule has 1 radical (unpaired) electrons. The fraction of sp³-hybridized carbons (Fsp3) is 0.200. The van der Waals surface area contributed by atoms with Gasteiger partial charge in [-0.15, -0.1) is 0 Å². The number of carbonyl (C=O) groups is 1. The molecule has 1 aliphatic rings. The summed E-state index contributed by atoms with van der Waals surface area (Å²) in [6.07, 6.45) is -1.09. The molecule has 0 aromatic heterocycles. The Balaban J connectivity index is 2.31. The van der Waals surface area contributed by atoms with Gasteiger partial charge in [-0.1, -0.05) is 18.2 Å². The highest BCUT2D eigenvalue weighted by atomic mass is 17.1. The molecule has 2 rings (SSSR count). The van der Waals surface area contributed by atoms with Crippen molar-refractivity contribution in [3.05, 3.63) is 30.3 Å². The Morgan fingerprint density at radius 1 is 1.33 bits per heavy atom. The Bertz CT molecular complexity index is 402. The molecule has 15 heavy (non-hydrogen) atoms. The van der Waals surface area contributed by atoms with E-state index in [1.54, 1.807) is 31.2 Å². The van der Waals surface area contributed by atoms with E-state index in [9.17, 15) is 10.1 Å². The van der Waals surface area contributed by atoms with Crippen LogP contribution in [0, 0.1) is 0 Å². The lowest BCUT2D eigenvalue weighted by molar-refractivity contribution is -0.310. The van der Waals surface area contributed by atoms with Crippen molar-refractivity contribution < 1.29 is 14.9 Å². The second-order valence-electron chi connectivity index (χ2n) is 3.20. The maximum absolute atomic E-state index is 11.6. The molecule has 1 unspecified atom stereocenters. The van der Waals surface area contributed by atoms with Crippen molar-refractivity contribution in [1.29, 1.82) is 0 Å². The smallest absolute Gasteiger partial charge is 0.269 e. The first-order chi connectivity index (χ1) is 7.24. The lowest BCUT2D eigenvalue weighted by atomic mass is 10.2. The fourth-order valence-electron chi connectivity index (χ4n) is 1.41. The van der Waals surface area contributed by atoms with Gasteiger partial charge >= 0.3 is 0 Å². The number of nitrogens with zero attached hydrogens (tertiary/aromatic N) is 2. The molecule has 1 aromatic carbocycles. The number of carbonyl (C=O) groups excluding carboxylic acids is 1. The van der Waals surface area contributed by atoms with E-state index in [0.717, 1.165) is 0 Å². The average molecular weight is 205 g/mol. The van der Waals surface area contributed by atoms with Gasteiger partial charge in [0.1, 0.15) is 0 Å². The van der Waals surface area contributed by atoms with Crippen LogP contribution in [0.15, 0.2) is 35.4 Å². The number of hydrogen-bond acceptors (Lipinski definition) is 3. The number of hydrazone groups is 1. The van der Waals surface area contributed by atoms with Crippen LogP contribution in [0.5, 0.6) is 0 Å². The molecule has 0 bridgehead atoms. The summed E-state index contributed by atoms with van der Waals surface area (Å²) in [7, 11) is 0. The van der Waals surface area contributed by atoms with E-state index in [0.29, 0.717) is 11.4 Å². The number of amides is 1. The summed E-state index contributed by atoms with van der Waals surface area (Å²) in [4.78, 5) is 15.4. The lowest BCUT2D eigenvalue weighted by Gasteiger charge is -2.11. The Labute approximate surface area is 86.5 Å². The van der Waals surface area contributed by atoms with Gasteiger partial charge in [0.05, 0.1) is 11.4 Å². The van der Waals surface area contributed by atoms with Gasteiger partial charge in [-0.25, -0.2) is 0 Å². The maximum atomic E-state index is 11.6. The van der Waals surface area contributed by atoms with Crippen molar-refractivity contribution in [1.82, 2.24) is 0 Å². The predicted octanol–water partition coefficient (Wildman–Crippen LogP) is 1.14. The van der Waals surface area contributed by atoms with Crippen molar-refractivity contribution in [3.8, 4) is 0 Å². The van der Waals surface area contributed by atoms with Crippen molar-refractivity contribution in [2.75, 3.05) is 5.01 Å². The first-order valence-corrected chi connectivity index (χ1v) is 4.47. The summed E-state index contributed by atoms with van der Waals surface area (Å²) in [5.74, 6) is -0.450. The molecule has 0 N–H and O–H groups in total. The Kier molecular flexibility index (Phi) is 2.49. The third kappa shape index (κ3) is 1.62. The largest absolute Gasteiger partial charge is 0.285 e. The van der Waals surface area contributed by atoms with Crippen LogP contribution in [0.25, 0.3) is 0 Å². The van der Waals surface area contributed by atoms with Crippen molar-refractivity contribution in [2.24, 2.45) is 5.10 Å². The second kappa shape index (κ2) is 3.80. The quantitative estimate of drug-likeness (QED) is 0.536. The number of hydrogen-bond donors (Lipinski definition) is 0. The molecule has 1 atom stereocenters. The minimum atomic E-state index is -1.09. The van der Waals surface area contributed by atoms with E-state index in [1.807, 2.05) is 6.07 Å². The number of benzene rings is 1. The molecule has 5 heteroatoms. The zero-order chi connectivity index (χ0) is 10.8. The summed E-state index contributed by atoms with van der Waals surface area (Å²) in [6, 6.07) is 8.89. The normalized spacial score (nSPS) is 20.7. The molecule has 0 spiro atoms. The zero-order valence-electron chi connectivity index (χ0n) is 8.08. The summed E-state index contributed by atoms with van der Waals surface area (Å²) in [6.45, 7) is 1.59. The highest BCUT2D eigenvalue weighted by Gasteiger charge is 2.36. The maximum Gasteiger partial charge on any atom is 0.285 e.